The highest BCUT2D eigenvalue weighted by atomic mass is 16.6. The monoisotopic (exact) mass is 383 g/mol. The molecule has 1 fully saturated rings. The first-order chi connectivity index (χ1) is 13.3. The zero-order valence-corrected chi connectivity index (χ0v) is 16.3. The molecule has 0 radical (unpaired) electrons. The number of hydrogen-bond acceptors (Lipinski definition) is 5. The number of pyridine rings is 1. The van der Waals surface area contributed by atoms with Crippen molar-refractivity contribution in [3.63, 3.8) is 0 Å². The van der Waals surface area contributed by atoms with Crippen molar-refractivity contribution in [1.82, 2.24) is 9.88 Å². The number of carbonyl (C=O) groups is 2. The summed E-state index contributed by atoms with van der Waals surface area (Å²) in [6.45, 7) is 6.86. The molecule has 0 unspecified atom stereocenters. The average Bonchev–Trinajstić information content (AvgIpc) is 2.59. The van der Waals surface area contributed by atoms with E-state index in [4.69, 9.17) is 9.47 Å². The lowest BCUT2D eigenvalue weighted by Gasteiger charge is -2.38. The van der Waals surface area contributed by atoms with Crippen LogP contribution in [0.3, 0.4) is 0 Å². The standard InChI is InChI=1S/C21H25N3O4/c1-21(2,3)28-19(25)23-18-10-9-16(11-22-18)17-12-24(13-17)20(26)27-14-15-7-5-4-6-8-15/h4-11,17H,12-14H2,1-3H3,(H,22,23,25). The second-order valence-electron chi connectivity index (χ2n) is 7.75. The molecule has 28 heavy (non-hydrogen) atoms. The van der Waals surface area contributed by atoms with Crippen LogP contribution in [0.15, 0.2) is 48.7 Å². The molecule has 0 atom stereocenters. The quantitative estimate of drug-likeness (QED) is 0.857. The van der Waals surface area contributed by atoms with E-state index in [0.717, 1.165) is 11.1 Å². The van der Waals surface area contributed by atoms with Gasteiger partial charge in [0.2, 0.25) is 0 Å². The summed E-state index contributed by atoms with van der Waals surface area (Å²) in [6, 6.07) is 13.2. The van der Waals surface area contributed by atoms with E-state index in [1.807, 2.05) is 36.4 Å². The van der Waals surface area contributed by atoms with Crippen molar-refractivity contribution in [3.05, 3.63) is 59.8 Å². The van der Waals surface area contributed by atoms with Gasteiger partial charge in [-0.05, 0) is 38.0 Å². The van der Waals surface area contributed by atoms with Gasteiger partial charge in [-0.3, -0.25) is 5.32 Å². The lowest BCUT2D eigenvalue weighted by Crippen LogP contribution is -2.48. The van der Waals surface area contributed by atoms with E-state index < -0.39 is 11.7 Å². The highest BCUT2D eigenvalue weighted by molar-refractivity contribution is 5.83. The molecular formula is C21H25N3O4. The minimum Gasteiger partial charge on any atom is -0.445 e. The van der Waals surface area contributed by atoms with Crippen molar-refractivity contribution in [2.75, 3.05) is 18.4 Å². The number of ether oxygens (including phenoxy) is 2. The molecule has 1 aromatic heterocycles. The van der Waals surface area contributed by atoms with Crippen molar-refractivity contribution in [2.45, 2.75) is 38.9 Å². The van der Waals surface area contributed by atoms with Gasteiger partial charge in [-0.25, -0.2) is 14.6 Å². The number of amides is 2. The summed E-state index contributed by atoms with van der Waals surface area (Å²) < 4.78 is 10.5. The lowest BCUT2D eigenvalue weighted by atomic mass is 9.93. The van der Waals surface area contributed by atoms with Crippen LogP contribution < -0.4 is 5.32 Å². The molecule has 2 aromatic rings. The van der Waals surface area contributed by atoms with E-state index in [9.17, 15) is 9.59 Å². The first-order valence-electron chi connectivity index (χ1n) is 9.22. The fourth-order valence-corrected chi connectivity index (χ4v) is 2.78. The molecule has 1 saturated heterocycles. The van der Waals surface area contributed by atoms with E-state index in [-0.39, 0.29) is 18.6 Å². The third-order valence-electron chi connectivity index (χ3n) is 4.23. The van der Waals surface area contributed by atoms with Gasteiger partial charge in [0.25, 0.3) is 0 Å². The minimum absolute atomic E-state index is 0.215. The molecule has 1 aliphatic rings. The van der Waals surface area contributed by atoms with Gasteiger partial charge in [0.1, 0.15) is 18.0 Å². The maximum absolute atomic E-state index is 12.1. The molecule has 1 aliphatic heterocycles. The molecule has 148 valence electrons. The number of nitrogens with one attached hydrogen (secondary N) is 1. The number of anilines is 1. The highest BCUT2D eigenvalue weighted by Crippen LogP contribution is 2.27. The summed E-state index contributed by atoms with van der Waals surface area (Å²) in [5.41, 5.74) is 1.42. The summed E-state index contributed by atoms with van der Waals surface area (Å²) in [6.07, 6.45) is 0.865. The van der Waals surface area contributed by atoms with Gasteiger partial charge in [-0.15, -0.1) is 0 Å². The van der Waals surface area contributed by atoms with Gasteiger partial charge >= 0.3 is 12.2 Å². The van der Waals surface area contributed by atoms with Gasteiger partial charge in [0.05, 0.1) is 0 Å². The Balaban J connectivity index is 1.44. The van der Waals surface area contributed by atoms with Crippen LogP contribution in [0, 0.1) is 0 Å². The molecule has 0 saturated carbocycles. The average molecular weight is 383 g/mol. The summed E-state index contributed by atoms with van der Waals surface area (Å²) in [5, 5.41) is 2.60. The zero-order valence-electron chi connectivity index (χ0n) is 16.3. The van der Waals surface area contributed by atoms with Crippen LogP contribution in [0.5, 0.6) is 0 Å². The third kappa shape index (κ3) is 5.45. The fraction of sp³-hybridized carbons (Fsp3) is 0.381. The molecule has 1 aromatic carbocycles. The Morgan fingerprint density at radius 1 is 1.14 bits per heavy atom. The van der Waals surface area contributed by atoms with Crippen LogP contribution >= 0.6 is 0 Å². The third-order valence-corrected chi connectivity index (χ3v) is 4.23. The summed E-state index contributed by atoms with van der Waals surface area (Å²) in [4.78, 5) is 29.8. The fourth-order valence-electron chi connectivity index (χ4n) is 2.78. The maximum Gasteiger partial charge on any atom is 0.413 e. The Hall–Kier alpha value is -3.09. The number of aromatic nitrogens is 1. The van der Waals surface area contributed by atoms with E-state index >= 15 is 0 Å². The molecule has 7 heteroatoms. The van der Waals surface area contributed by atoms with Crippen LogP contribution in [-0.2, 0) is 16.1 Å². The lowest BCUT2D eigenvalue weighted by molar-refractivity contribution is 0.0632. The van der Waals surface area contributed by atoms with E-state index in [1.54, 1.807) is 37.9 Å². The van der Waals surface area contributed by atoms with Crippen molar-refractivity contribution < 1.29 is 19.1 Å². The zero-order chi connectivity index (χ0) is 20.1. The molecule has 7 nitrogen and oxygen atoms in total. The molecule has 2 heterocycles. The van der Waals surface area contributed by atoms with E-state index in [1.165, 1.54) is 0 Å². The van der Waals surface area contributed by atoms with Crippen molar-refractivity contribution in [2.24, 2.45) is 0 Å². The SMILES string of the molecule is CC(C)(C)OC(=O)Nc1ccc(C2CN(C(=O)OCc3ccccc3)C2)cn1. The topological polar surface area (TPSA) is 80.8 Å². The Morgan fingerprint density at radius 3 is 2.46 bits per heavy atom. The first kappa shape index (κ1) is 19.7. The minimum atomic E-state index is -0.561. The molecule has 0 bridgehead atoms. The molecule has 2 amide bonds. The van der Waals surface area contributed by atoms with Gasteiger partial charge in [0, 0.05) is 25.2 Å². The van der Waals surface area contributed by atoms with Crippen LogP contribution in [0.25, 0.3) is 0 Å². The highest BCUT2D eigenvalue weighted by Gasteiger charge is 2.33. The normalized spacial score (nSPS) is 14.2. The van der Waals surface area contributed by atoms with Crippen LogP contribution in [0.1, 0.15) is 37.8 Å². The Morgan fingerprint density at radius 2 is 1.86 bits per heavy atom. The maximum atomic E-state index is 12.1. The number of nitrogens with zero attached hydrogens (tertiary/aromatic N) is 2. The molecule has 0 aliphatic carbocycles. The number of rotatable bonds is 4. The summed E-state index contributed by atoms with van der Waals surface area (Å²) >= 11 is 0. The van der Waals surface area contributed by atoms with Gasteiger partial charge in [-0.1, -0.05) is 36.4 Å². The second kappa shape index (κ2) is 8.29. The molecular weight excluding hydrogens is 358 g/mol. The van der Waals surface area contributed by atoms with Crippen LogP contribution in [0.2, 0.25) is 0 Å². The van der Waals surface area contributed by atoms with E-state index in [0.29, 0.717) is 18.9 Å². The molecule has 3 rings (SSSR count). The Kier molecular flexibility index (Phi) is 5.82. The van der Waals surface area contributed by atoms with E-state index in [2.05, 4.69) is 10.3 Å². The predicted molar refractivity (Wildman–Crippen MR) is 105 cm³/mol. The smallest absolute Gasteiger partial charge is 0.413 e. The van der Waals surface area contributed by atoms with Crippen LogP contribution in [0.4, 0.5) is 15.4 Å². The Labute approximate surface area is 164 Å². The second-order valence-corrected chi connectivity index (χ2v) is 7.75. The number of carbonyl (C=O) groups excluding carboxylic acids is 2. The van der Waals surface area contributed by atoms with Gasteiger partial charge in [0.15, 0.2) is 0 Å². The summed E-state index contributed by atoms with van der Waals surface area (Å²) in [5.74, 6) is 0.642. The number of benzene rings is 1. The van der Waals surface area contributed by atoms with Crippen LogP contribution in [-0.4, -0.2) is 40.8 Å². The number of hydrogen-bond donors (Lipinski definition) is 1. The van der Waals surface area contributed by atoms with Crippen molar-refractivity contribution in [3.8, 4) is 0 Å². The largest absolute Gasteiger partial charge is 0.445 e. The molecule has 1 N–H and O–H groups in total. The predicted octanol–water partition coefficient (Wildman–Crippen LogP) is 4.16. The molecule has 0 spiro atoms. The Bertz CT molecular complexity index is 810. The summed E-state index contributed by atoms with van der Waals surface area (Å²) in [7, 11) is 0. The first-order valence-corrected chi connectivity index (χ1v) is 9.22. The van der Waals surface area contributed by atoms with Gasteiger partial charge < -0.3 is 14.4 Å². The van der Waals surface area contributed by atoms with Crippen molar-refractivity contribution in [1.29, 1.82) is 0 Å². The van der Waals surface area contributed by atoms with Crippen molar-refractivity contribution >= 4 is 18.0 Å². The number of likely N-dealkylation sites (tertiary alicyclic amines) is 1. The van der Waals surface area contributed by atoms with Gasteiger partial charge in [-0.2, -0.15) is 0 Å².